The monoisotopic (exact) mass is 298 g/mol. The molecular formula is C18H22N2O2. The van der Waals surface area contributed by atoms with Crippen molar-refractivity contribution in [1.82, 2.24) is 4.90 Å². The highest BCUT2D eigenvalue weighted by molar-refractivity contribution is 5.72. The Bertz CT molecular complexity index is 603. The van der Waals surface area contributed by atoms with Gasteiger partial charge < -0.3 is 9.64 Å². The second kappa shape index (κ2) is 6.65. The molecule has 0 saturated heterocycles. The van der Waals surface area contributed by atoms with Crippen LogP contribution in [0.2, 0.25) is 0 Å². The van der Waals surface area contributed by atoms with Crippen LogP contribution >= 0.6 is 0 Å². The van der Waals surface area contributed by atoms with Gasteiger partial charge in [0.25, 0.3) is 0 Å². The largest absolute Gasteiger partial charge is 0.444 e. The predicted molar refractivity (Wildman–Crippen MR) is 86.2 cm³/mol. The van der Waals surface area contributed by atoms with Gasteiger partial charge in [-0.25, -0.2) is 4.79 Å². The number of nitrogens with zero attached hydrogens (tertiary/aromatic N) is 2. The van der Waals surface area contributed by atoms with Gasteiger partial charge in [0.2, 0.25) is 0 Å². The fourth-order valence-corrected chi connectivity index (χ4v) is 2.35. The number of carbonyl (C=O) groups is 1. The molecule has 1 aromatic carbocycles. The van der Waals surface area contributed by atoms with Gasteiger partial charge in [-0.05, 0) is 43.9 Å². The van der Waals surface area contributed by atoms with Gasteiger partial charge in [-0.15, -0.1) is 0 Å². The Hall–Kier alpha value is -2.28. The standard InChI is InChI=1S/C18H22N2O2/c1-18(2,3)22-17(21)20-12-9-16(10-13-20)15-6-4-14(5-7-15)8-11-19/h4-7,9H,8,10,12-13H2,1-3H3. The first-order valence-corrected chi connectivity index (χ1v) is 7.52. The summed E-state index contributed by atoms with van der Waals surface area (Å²) >= 11 is 0. The molecule has 0 radical (unpaired) electrons. The molecule has 0 saturated carbocycles. The fourth-order valence-electron chi connectivity index (χ4n) is 2.35. The Morgan fingerprint density at radius 1 is 1.32 bits per heavy atom. The number of nitriles is 1. The highest BCUT2D eigenvalue weighted by Crippen LogP contribution is 2.23. The molecule has 0 fully saturated rings. The number of hydrogen-bond acceptors (Lipinski definition) is 3. The van der Waals surface area contributed by atoms with E-state index in [4.69, 9.17) is 10.00 Å². The van der Waals surface area contributed by atoms with Crippen LogP contribution in [0.4, 0.5) is 4.79 Å². The van der Waals surface area contributed by atoms with Gasteiger partial charge in [0, 0.05) is 13.1 Å². The van der Waals surface area contributed by atoms with E-state index in [2.05, 4.69) is 12.1 Å². The summed E-state index contributed by atoms with van der Waals surface area (Å²) < 4.78 is 5.39. The third-order valence-corrected chi connectivity index (χ3v) is 3.47. The minimum Gasteiger partial charge on any atom is -0.444 e. The van der Waals surface area contributed by atoms with E-state index in [0.717, 1.165) is 17.5 Å². The molecule has 0 spiro atoms. The van der Waals surface area contributed by atoms with Crippen LogP contribution in [0.15, 0.2) is 30.3 Å². The molecule has 1 heterocycles. The summed E-state index contributed by atoms with van der Waals surface area (Å²) in [6.45, 7) is 6.86. The first-order valence-electron chi connectivity index (χ1n) is 7.52. The number of ether oxygens (including phenoxy) is 1. The van der Waals surface area contributed by atoms with Crippen LogP contribution < -0.4 is 0 Å². The third kappa shape index (κ3) is 4.36. The van der Waals surface area contributed by atoms with Gasteiger partial charge in [0.1, 0.15) is 5.60 Å². The Balaban J connectivity index is 1.99. The minimum atomic E-state index is -0.461. The summed E-state index contributed by atoms with van der Waals surface area (Å²) in [6, 6.07) is 10.2. The zero-order chi connectivity index (χ0) is 16.2. The number of carbonyl (C=O) groups excluding carboxylic acids is 1. The van der Waals surface area contributed by atoms with E-state index in [1.54, 1.807) is 4.90 Å². The Morgan fingerprint density at radius 2 is 2.00 bits per heavy atom. The van der Waals surface area contributed by atoms with Crippen LogP contribution in [0.3, 0.4) is 0 Å². The molecule has 0 unspecified atom stereocenters. The Kier molecular flexibility index (Phi) is 4.87. The maximum atomic E-state index is 12.0. The van der Waals surface area contributed by atoms with E-state index in [-0.39, 0.29) is 6.09 Å². The SMILES string of the molecule is CC(C)(C)OC(=O)N1CC=C(c2ccc(CC#N)cc2)CC1. The molecule has 1 amide bonds. The van der Waals surface area contributed by atoms with Crippen molar-refractivity contribution in [1.29, 1.82) is 5.26 Å². The lowest BCUT2D eigenvalue weighted by Crippen LogP contribution is -2.39. The van der Waals surface area contributed by atoms with Crippen LogP contribution in [-0.4, -0.2) is 29.7 Å². The van der Waals surface area contributed by atoms with Gasteiger partial charge in [-0.1, -0.05) is 30.3 Å². The van der Waals surface area contributed by atoms with Crippen molar-refractivity contribution < 1.29 is 9.53 Å². The minimum absolute atomic E-state index is 0.257. The lowest BCUT2D eigenvalue weighted by molar-refractivity contribution is 0.0270. The lowest BCUT2D eigenvalue weighted by atomic mass is 9.98. The molecule has 4 heteroatoms. The number of benzene rings is 1. The number of rotatable bonds is 2. The maximum Gasteiger partial charge on any atom is 0.410 e. The number of hydrogen-bond donors (Lipinski definition) is 0. The first kappa shape index (κ1) is 16.1. The van der Waals surface area contributed by atoms with Crippen LogP contribution in [0.25, 0.3) is 5.57 Å². The topological polar surface area (TPSA) is 53.3 Å². The molecule has 1 aliphatic heterocycles. The van der Waals surface area contributed by atoms with Gasteiger partial charge in [-0.3, -0.25) is 0 Å². The van der Waals surface area contributed by atoms with Gasteiger partial charge >= 0.3 is 6.09 Å². The summed E-state index contributed by atoms with van der Waals surface area (Å²) in [7, 11) is 0. The number of amides is 1. The Morgan fingerprint density at radius 3 is 2.50 bits per heavy atom. The van der Waals surface area contributed by atoms with Crippen LogP contribution in [-0.2, 0) is 11.2 Å². The zero-order valence-electron chi connectivity index (χ0n) is 13.4. The molecule has 4 nitrogen and oxygen atoms in total. The van der Waals surface area contributed by atoms with E-state index >= 15 is 0 Å². The van der Waals surface area contributed by atoms with Crippen LogP contribution in [0.5, 0.6) is 0 Å². The molecule has 0 aliphatic carbocycles. The van der Waals surface area contributed by atoms with Crippen molar-refractivity contribution in [3.05, 3.63) is 41.5 Å². The summed E-state index contributed by atoms with van der Waals surface area (Å²) in [6.07, 6.45) is 3.07. The molecule has 116 valence electrons. The molecule has 0 N–H and O–H groups in total. The molecule has 2 rings (SSSR count). The van der Waals surface area contributed by atoms with Crippen molar-refractivity contribution in [2.24, 2.45) is 0 Å². The second-order valence-corrected chi connectivity index (χ2v) is 6.44. The van der Waals surface area contributed by atoms with Crippen LogP contribution in [0.1, 0.15) is 38.3 Å². The van der Waals surface area contributed by atoms with Gasteiger partial charge in [-0.2, -0.15) is 5.26 Å². The van der Waals surface area contributed by atoms with Gasteiger partial charge in [0.05, 0.1) is 12.5 Å². The summed E-state index contributed by atoms with van der Waals surface area (Å²) in [5.41, 5.74) is 2.96. The van der Waals surface area contributed by atoms with E-state index < -0.39 is 5.60 Å². The molecule has 1 aliphatic rings. The quantitative estimate of drug-likeness (QED) is 0.835. The van der Waals surface area contributed by atoms with Crippen molar-refractivity contribution in [2.75, 3.05) is 13.1 Å². The summed E-state index contributed by atoms with van der Waals surface area (Å²) in [4.78, 5) is 13.7. The highest BCUT2D eigenvalue weighted by Gasteiger charge is 2.23. The third-order valence-electron chi connectivity index (χ3n) is 3.47. The molecular weight excluding hydrogens is 276 g/mol. The lowest BCUT2D eigenvalue weighted by Gasteiger charge is -2.29. The summed E-state index contributed by atoms with van der Waals surface area (Å²) in [5, 5.41) is 8.69. The van der Waals surface area contributed by atoms with E-state index in [1.807, 2.05) is 45.0 Å². The van der Waals surface area contributed by atoms with Crippen LogP contribution in [0, 0.1) is 11.3 Å². The van der Waals surface area contributed by atoms with Gasteiger partial charge in [0.15, 0.2) is 0 Å². The average Bonchev–Trinajstić information content (AvgIpc) is 2.47. The van der Waals surface area contributed by atoms with E-state index in [0.29, 0.717) is 19.5 Å². The molecule has 0 atom stereocenters. The van der Waals surface area contributed by atoms with Crippen molar-refractivity contribution in [3.8, 4) is 6.07 Å². The average molecular weight is 298 g/mol. The fraction of sp³-hybridized carbons (Fsp3) is 0.444. The maximum absolute atomic E-state index is 12.0. The van der Waals surface area contributed by atoms with Crippen molar-refractivity contribution >= 4 is 11.7 Å². The Labute approximate surface area is 132 Å². The van der Waals surface area contributed by atoms with Crippen molar-refractivity contribution in [3.63, 3.8) is 0 Å². The predicted octanol–water partition coefficient (Wildman–Crippen LogP) is 3.78. The van der Waals surface area contributed by atoms with E-state index in [9.17, 15) is 4.79 Å². The molecule has 0 aromatic heterocycles. The summed E-state index contributed by atoms with van der Waals surface area (Å²) in [5.74, 6) is 0. The smallest absolute Gasteiger partial charge is 0.410 e. The second-order valence-electron chi connectivity index (χ2n) is 6.44. The normalized spacial score (nSPS) is 15.0. The molecule has 22 heavy (non-hydrogen) atoms. The highest BCUT2D eigenvalue weighted by atomic mass is 16.6. The van der Waals surface area contributed by atoms with E-state index in [1.165, 1.54) is 5.57 Å². The zero-order valence-corrected chi connectivity index (χ0v) is 13.4. The molecule has 1 aromatic rings. The van der Waals surface area contributed by atoms with Crippen molar-refractivity contribution in [2.45, 2.75) is 39.2 Å². The molecule has 0 bridgehead atoms. The first-order chi connectivity index (χ1) is 10.4.